The van der Waals surface area contributed by atoms with Crippen LogP contribution in [0.25, 0.3) is 0 Å². The topological polar surface area (TPSA) is 110 Å². The van der Waals surface area contributed by atoms with Crippen molar-refractivity contribution in [3.63, 3.8) is 0 Å². The highest BCUT2D eigenvalue weighted by molar-refractivity contribution is 7.17. The Hall–Kier alpha value is -2.94. The van der Waals surface area contributed by atoms with Crippen LogP contribution in [0, 0.1) is 5.92 Å². The van der Waals surface area contributed by atoms with Gasteiger partial charge >= 0.3 is 17.8 Å². The number of carbonyl (C=O) groups is 3. The Kier molecular flexibility index (Phi) is 6.25. The first-order chi connectivity index (χ1) is 13.5. The number of amides is 2. The van der Waals surface area contributed by atoms with Crippen molar-refractivity contribution in [1.82, 2.24) is 5.43 Å². The highest BCUT2D eigenvalue weighted by Gasteiger charge is 2.30. The van der Waals surface area contributed by atoms with Crippen LogP contribution < -0.4 is 10.7 Å². The smallest absolute Gasteiger partial charge is 0.341 e. The van der Waals surface area contributed by atoms with Crippen molar-refractivity contribution in [3.05, 3.63) is 40.2 Å². The summed E-state index contributed by atoms with van der Waals surface area (Å²) in [6.07, 6.45) is 5.29. The molecule has 0 fully saturated rings. The molecule has 8 nitrogen and oxygen atoms in total. The van der Waals surface area contributed by atoms with Gasteiger partial charge < -0.3 is 14.5 Å². The van der Waals surface area contributed by atoms with Gasteiger partial charge in [-0.1, -0.05) is 6.92 Å². The number of carbonyl (C=O) groups excluding carboxylic acids is 3. The summed E-state index contributed by atoms with van der Waals surface area (Å²) in [5.74, 6) is -1.40. The molecule has 0 bridgehead atoms. The fourth-order valence-corrected chi connectivity index (χ4v) is 4.38. The normalized spacial score (nSPS) is 15.9. The second-order valence-corrected chi connectivity index (χ2v) is 7.55. The number of thiophene rings is 1. The van der Waals surface area contributed by atoms with Crippen molar-refractivity contribution in [2.75, 3.05) is 11.9 Å². The number of rotatable bonds is 5. The summed E-state index contributed by atoms with van der Waals surface area (Å²) in [5.41, 5.74) is 3.40. The Labute approximate surface area is 165 Å². The fraction of sp³-hybridized carbons (Fsp3) is 0.368. The van der Waals surface area contributed by atoms with E-state index >= 15 is 0 Å². The maximum absolute atomic E-state index is 12.4. The third kappa shape index (κ3) is 4.48. The fourth-order valence-electron chi connectivity index (χ4n) is 2.99. The van der Waals surface area contributed by atoms with E-state index in [9.17, 15) is 14.4 Å². The van der Waals surface area contributed by atoms with E-state index in [1.54, 1.807) is 19.1 Å². The van der Waals surface area contributed by atoms with Crippen LogP contribution in [0.5, 0.6) is 0 Å². The Morgan fingerprint density at radius 2 is 2.21 bits per heavy atom. The first-order valence-corrected chi connectivity index (χ1v) is 9.80. The molecule has 2 heterocycles. The molecule has 0 aliphatic heterocycles. The number of hydrogen-bond donors (Lipinski definition) is 2. The average Bonchev–Trinajstić information content (AvgIpc) is 3.28. The Balaban J connectivity index is 1.74. The monoisotopic (exact) mass is 403 g/mol. The number of hydrazone groups is 1. The molecule has 1 aliphatic carbocycles. The van der Waals surface area contributed by atoms with Gasteiger partial charge in [0, 0.05) is 4.88 Å². The number of nitrogens with one attached hydrogen (secondary N) is 2. The van der Waals surface area contributed by atoms with E-state index in [0.29, 0.717) is 22.2 Å². The molecule has 0 unspecified atom stereocenters. The predicted molar refractivity (Wildman–Crippen MR) is 105 cm³/mol. The van der Waals surface area contributed by atoms with Crippen LogP contribution in [0.2, 0.25) is 0 Å². The molecule has 0 saturated heterocycles. The molecule has 0 radical (unpaired) electrons. The highest BCUT2D eigenvalue weighted by Crippen LogP contribution is 2.40. The van der Waals surface area contributed by atoms with Crippen molar-refractivity contribution in [2.45, 2.75) is 33.1 Å². The number of hydrogen-bond acceptors (Lipinski definition) is 7. The van der Waals surface area contributed by atoms with Gasteiger partial charge in [0.25, 0.3) is 0 Å². The minimum Gasteiger partial charge on any atom is -0.463 e. The van der Waals surface area contributed by atoms with Crippen molar-refractivity contribution in [3.8, 4) is 0 Å². The lowest BCUT2D eigenvalue weighted by atomic mass is 9.88. The van der Waals surface area contributed by atoms with Crippen molar-refractivity contribution in [2.24, 2.45) is 11.0 Å². The minimum atomic E-state index is -0.947. The predicted octanol–water partition coefficient (Wildman–Crippen LogP) is 2.73. The Morgan fingerprint density at radius 1 is 1.39 bits per heavy atom. The summed E-state index contributed by atoms with van der Waals surface area (Å²) in [5, 5.41) is 6.55. The quantitative estimate of drug-likeness (QED) is 0.345. The van der Waals surface area contributed by atoms with Crippen LogP contribution in [0.4, 0.5) is 5.00 Å². The summed E-state index contributed by atoms with van der Waals surface area (Å²) < 4.78 is 10.2. The number of anilines is 1. The van der Waals surface area contributed by atoms with Crippen molar-refractivity contribution in [1.29, 1.82) is 0 Å². The SMILES string of the molecule is CCOC(=O)c1c(NC(=O)C(=O)N/N=C\c2ccco2)sc2c1CC[C@H](C)C2. The molecule has 1 atom stereocenters. The van der Waals surface area contributed by atoms with Gasteiger partial charge in [-0.25, -0.2) is 10.2 Å². The molecule has 0 aromatic carbocycles. The second kappa shape index (κ2) is 8.83. The van der Waals surface area contributed by atoms with E-state index < -0.39 is 17.8 Å². The molecular formula is C19H21N3O5S. The van der Waals surface area contributed by atoms with Gasteiger partial charge in [-0.05, 0) is 49.8 Å². The standard InChI is InChI=1S/C19H21N3O5S/c1-3-26-19(25)15-13-7-6-11(2)9-14(13)28-18(15)21-16(23)17(24)22-20-10-12-5-4-8-27-12/h4-5,8,10-11H,3,6-7,9H2,1-2H3,(H,21,23)(H,22,24)/b20-10-/t11-/m0/s1. The molecule has 0 spiro atoms. The third-order valence-electron chi connectivity index (χ3n) is 4.33. The zero-order valence-electron chi connectivity index (χ0n) is 15.6. The largest absolute Gasteiger partial charge is 0.463 e. The van der Waals surface area contributed by atoms with E-state index in [0.717, 1.165) is 29.7 Å². The summed E-state index contributed by atoms with van der Waals surface area (Å²) in [6, 6.07) is 3.32. The van der Waals surface area contributed by atoms with Gasteiger partial charge in [0.1, 0.15) is 10.8 Å². The van der Waals surface area contributed by atoms with E-state index in [1.165, 1.54) is 23.8 Å². The number of nitrogens with zero attached hydrogens (tertiary/aromatic N) is 1. The van der Waals surface area contributed by atoms with E-state index in [2.05, 4.69) is 22.8 Å². The van der Waals surface area contributed by atoms with Crippen LogP contribution in [-0.2, 0) is 27.2 Å². The van der Waals surface area contributed by atoms with Crippen molar-refractivity contribution < 1.29 is 23.5 Å². The van der Waals surface area contributed by atoms with Gasteiger partial charge in [0.05, 0.1) is 24.6 Å². The molecule has 2 aromatic rings. The van der Waals surface area contributed by atoms with Crippen LogP contribution in [-0.4, -0.2) is 30.6 Å². The molecule has 2 amide bonds. The molecule has 2 aromatic heterocycles. The number of fused-ring (bicyclic) bond motifs is 1. The lowest BCUT2D eigenvalue weighted by molar-refractivity contribution is -0.136. The zero-order chi connectivity index (χ0) is 20.1. The van der Waals surface area contributed by atoms with Gasteiger partial charge in [0.2, 0.25) is 0 Å². The van der Waals surface area contributed by atoms with Crippen LogP contribution >= 0.6 is 11.3 Å². The van der Waals surface area contributed by atoms with E-state index in [4.69, 9.17) is 9.15 Å². The third-order valence-corrected chi connectivity index (χ3v) is 5.50. The van der Waals surface area contributed by atoms with E-state index in [1.807, 2.05) is 0 Å². The average molecular weight is 403 g/mol. The first-order valence-electron chi connectivity index (χ1n) is 8.99. The van der Waals surface area contributed by atoms with E-state index in [-0.39, 0.29) is 6.61 Å². The Morgan fingerprint density at radius 3 is 2.93 bits per heavy atom. The summed E-state index contributed by atoms with van der Waals surface area (Å²) in [7, 11) is 0. The number of ether oxygens (including phenoxy) is 1. The van der Waals surface area contributed by atoms with Crippen LogP contribution in [0.15, 0.2) is 27.9 Å². The Bertz CT molecular complexity index is 901. The zero-order valence-corrected chi connectivity index (χ0v) is 16.4. The lowest BCUT2D eigenvalue weighted by Gasteiger charge is -2.18. The summed E-state index contributed by atoms with van der Waals surface area (Å²) in [4.78, 5) is 37.7. The molecule has 1 aliphatic rings. The van der Waals surface area contributed by atoms with Crippen LogP contribution in [0.1, 0.15) is 46.8 Å². The lowest BCUT2D eigenvalue weighted by Crippen LogP contribution is -2.32. The first kappa shape index (κ1) is 19.8. The molecule has 3 rings (SSSR count). The summed E-state index contributed by atoms with van der Waals surface area (Å²) >= 11 is 1.32. The maximum atomic E-state index is 12.4. The summed E-state index contributed by atoms with van der Waals surface area (Å²) in [6.45, 7) is 4.10. The molecule has 0 saturated carbocycles. The molecule has 28 heavy (non-hydrogen) atoms. The number of esters is 1. The molecule has 148 valence electrons. The minimum absolute atomic E-state index is 0.231. The molecule has 2 N–H and O–H groups in total. The molecular weight excluding hydrogens is 382 g/mol. The number of furan rings is 1. The van der Waals surface area contributed by atoms with Gasteiger partial charge in [-0.3, -0.25) is 9.59 Å². The second-order valence-electron chi connectivity index (χ2n) is 6.45. The maximum Gasteiger partial charge on any atom is 0.341 e. The van der Waals surface area contributed by atoms with Gasteiger partial charge in [0.15, 0.2) is 0 Å². The molecule has 9 heteroatoms. The van der Waals surface area contributed by atoms with Gasteiger partial charge in [-0.2, -0.15) is 5.10 Å². The van der Waals surface area contributed by atoms with Crippen molar-refractivity contribution >= 4 is 40.3 Å². The highest BCUT2D eigenvalue weighted by atomic mass is 32.1. The van der Waals surface area contributed by atoms with Crippen LogP contribution in [0.3, 0.4) is 0 Å². The van der Waals surface area contributed by atoms with Gasteiger partial charge in [-0.15, -0.1) is 11.3 Å².